The standard InChI is InChI=1S/C13H20N4O3/c1-9(18)6-4-5-7-17-12(19)10-11(14-8-15(10)2)16(3)13(17)20/h8-9,18H,4-7H2,1-3H3/t9-/m1/s1/i1D3,2D3. The lowest BCUT2D eigenvalue weighted by molar-refractivity contribution is 0.180. The number of aryl methyl sites for hydroxylation is 2. The van der Waals surface area contributed by atoms with Gasteiger partial charge in [-0.25, -0.2) is 9.78 Å². The fraction of sp³-hybridized carbons (Fsp3) is 0.615. The van der Waals surface area contributed by atoms with Crippen LogP contribution in [0.2, 0.25) is 0 Å². The molecule has 20 heavy (non-hydrogen) atoms. The molecule has 0 amide bonds. The fourth-order valence-electron chi connectivity index (χ4n) is 2.07. The molecule has 0 aliphatic heterocycles. The van der Waals surface area contributed by atoms with Crippen LogP contribution in [0.4, 0.5) is 0 Å². The number of aliphatic hydroxyl groups excluding tert-OH is 1. The summed E-state index contributed by atoms with van der Waals surface area (Å²) in [5, 5.41) is 9.50. The van der Waals surface area contributed by atoms with Crippen LogP contribution >= 0.6 is 0 Å². The summed E-state index contributed by atoms with van der Waals surface area (Å²) in [6.45, 7) is -5.12. The highest BCUT2D eigenvalue weighted by molar-refractivity contribution is 5.69. The molecule has 0 saturated carbocycles. The smallest absolute Gasteiger partial charge is 0.332 e. The SMILES string of the molecule is [2H]C([2H])([2H])[C@@H](O)CCCCn1c(=O)c2c(ncn2C([2H])([2H])[2H])n(C)c1=O. The van der Waals surface area contributed by atoms with Crippen molar-refractivity contribution in [3.63, 3.8) is 0 Å². The van der Waals surface area contributed by atoms with Crippen molar-refractivity contribution in [2.24, 2.45) is 14.0 Å². The fourth-order valence-corrected chi connectivity index (χ4v) is 2.07. The highest BCUT2D eigenvalue weighted by Crippen LogP contribution is 2.04. The van der Waals surface area contributed by atoms with Gasteiger partial charge in [-0.3, -0.25) is 13.9 Å². The van der Waals surface area contributed by atoms with Crippen LogP contribution in [-0.2, 0) is 20.6 Å². The van der Waals surface area contributed by atoms with Crippen LogP contribution in [0.1, 0.15) is 34.3 Å². The minimum absolute atomic E-state index is 0.00101. The Morgan fingerprint density at radius 2 is 2.25 bits per heavy atom. The van der Waals surface area contributed by atoms with Gasteiger partial charge in [0.05, 0.1) is 12.4 Å². The molecule has 0 saturated heterocycles. The molecule has 0 unspecified atom stereocenters. The first-order valence-corrected chi connectivity index (χ1v) is 6.21. The van der Waals surface area contributed by atoms with E-state index in [2.05, 4.69) is 4.98 Å². The van der Waals surface area contributed by atoms with E-state index in [1.807, 2.05) is 0 Å². The van der Waals surface area contributed by atoms with E-state index in [0.717, 1.165) is 20.0 Å². The Morgan fingerprint density at radius 3 is 2.95 bits per heavy atom. The van der Waals surface area contributed by atoms with Crippen molar-refractivity contribution in [2.45, 2.75) is 38.8 Å². The average Bonchev–Trinajstić information content (AvgIpc) is 2.96. The summed E-state index contributed by atoms with van der Waals surface area (Å²) in [5.74, 6) is 0. The molecule has 0 aliphatic carbocycles. The Hall–Kier alpha value is -1.89. The molecule has 7 nitrogen and oxygen atoms in total. The molecule has 0 spiro atoms. The number of aliphatic hydroxyl groups is 1. The zero-order valence-electron chi connectivity index (χ0n) is 17.0. The Labute approximate surface area is 124 Å². The van der Waals surface area contributed by atoms with Crippen LogP contribution in [0.15, 0.2) is 15.9 Å². The number of hydrogen-bond acceptors (Lipinski definition) is 4. The van der Waals surface area contributed by atoms with E-state index in [-0.39, 0.29) is 37.0 Å². The van der Waals surface area contributed by atoms with Gasteiger partial charge in [-0.15, -0.1) is 0 Å². The van der Waals surface area contributed by atoms with Gasteiger partial charge in [0.2, 0.25) is 0 Å². The van der Waals surface area contributed by atoms with E-state index < -0.39 is 31.2 Å². The molecule has 2 heterocycles. The van der Waals surface area contributed by atoms with Crippen LogP contribution in [0, 0.1) is 0 Å². The van der Waals surface area contributed by atoms with Gasteiger partial charge in [0, 0.05) is 28.8 Å². The number of nitrogens with zero attached hydrogens (tertiary/aromatic N) is 4. The summed E-state index contributed by atoms with van der Waals surface area (Å²) in [5.41, 5.74) is -1.64. The molecular weight excluding hydrogens is 260 g/mol. The maximum atomic E-state index is 12.6. The summed E-state index contributed by atoms with van der Waals surface area (Å²) in [6.07, 6.45) is 0.0827. The van der Waals surface area contributed by atoms with E-state index >= 15 is 0 Å². The molecule has 2 rings (SSSR count). The number of rotatable bonds is 5. The minimum Gasteiger partial charge on any atom is -0.393 e. The summed E-state index contributed by atoms with van der Waals surface area (Å²) < 4.78 is 46.5. The van der Waals surface area contributed by atoms with Gasteiger partial charge in [0.1, 0.15) is 0 Å². The van der Waals surface area contributed by atoms with Crippen LogP contribution in [0.3, 0.4) is 0 Å². The molecule has 0 aliphatic rings. The summed E-state index contributed by atoms with van der Waals surface area (Å²) >= 11 is 0. The molecule has 0 bridgehead atoms. The van der Waals surface area contributed by atoms with Crippen molar-refractivity contribution >= 4 is 11.2 Å². The highest BCUT2D eigenvalue weighted by Gasteiger charge is 2.14. The van der Waals surface area contributed by atoms with Gasteiger partial charge in [0.15, 0.2) is 11.2 Å². The van der Waals surface area contributed by atoms with Gasteiger partial charge < -0.3 is 9.67 Å². The second-order valence-corrected chi connectivity index (χ2v) is 4.60. The third-order valence-corrected chi connectivity index (χ3v) is 3.14. The van der Waals surface area contributed by atoms with E-state index in [0.29, 0.717) is 0 Å². The van der Waals surface area contributed by atoms with Crippen molar-refractivity contribution in [3.05, 3.63) is 27.2 Å². The van der Waals surface area contributed by atoms with Crippen molar-refractivity contribution in [1.82, 2.24) is 18.7 Å². The molecular formula is C13H20N4O3. The molecule has 1 N–H and O–H groups in total. The summed E-state index contributed by atoms with van der Waals surface area (Å²) in [4.78, 5) is 28.8. The zero-order chi connectivity index (χ0) is 19.9. The summed E-state index contributed by atoms with van der Waals surface area (Å²) in [7, 11) is 1.38. The third kappa shape index (κ3) is 2.53. The zero-order valence-corrected chi connectivity index (χ0v) is 11.0. The number of imidazole rings is 1. The van der Waals surface area contributed by atoms with Gasteiger partial charge in [0.25, 0.3) is 5.56 Å². The average molecular weight is 286 g/mol. The van der Waals surface area contributed by atoms with Crippen LogP contribution in [-0.4, -0.2) is 29.9 Å². The molecule has 0 fully saturated rings. The quantitative estimate of drug-likeness (QED) is 0.783. The summed E-state index contributed by atoms with van der Waals surface area (Å²) in [6, 6.07) is 0. The van der Waals surface area contributed by atoms with Crippen molar-refractivity contribution in [1.29, 1.82) is 0 Å². The predicted octanol–water partition coefficient (Wildman–Crippen LogP) is -0.0152. The molecule has 2 aromatic heterocycles. The van der Waals surface area contributed by atoms with Crippen LogP contribution in [0.25, 0.3) is 11.2 Å². The topological polar surface area (TPSA) is 82.1 Å². The second kappa shape index (κ2) is 5.62. The van der Waals surface area contributed by atoms with E-state index in [4.69, 9.17) is 8.22 Å². The lowest BCUT2D eigenvalue weighted by atomic mass is 10.2. The van der Waals surface area contributed by atoms with Crippen molar-refractivity contribution in [2.75, 3.05) is 0 Å². The normalized spacial score (nSPS) is 18.7. The van der Waals surface area contributed by atoms with Crippen LogP contribution in [0.5, 0.6) is 0 Å². The predicted molar refractivity (Wildman–Crippen MR) is 75.7 cm³/mol. The third-order valence-electron chi connectivity index (χ3n) is 3.14. The number of fused-ring (bicyclic) bond motifs is 1. The molecule has 7 heteroatoms. The van der Waals surface area contributed by atoms with E-state index in [1.54, 1.807) is 0 Å². The van der Waals surface area contributed by atoms with Crippen LogP contribution < -0.4 is 11.2 Å². The maximum Gasteiger partial charge on any atom is 0.332 e. The Balaban J connectivity index is 2.31. The Bertz CT molecular complexity index is 908. The van der Waals surface area contributed by atoms with Crippen molar-refractivity contribution in [3.8, 4) is 0 Å². The molecule has 1 atom stereocenters. The van der Waals surface area contributed by atoms with Gasteiger partial charge >= 0.3 is 5.69 Å². The Kier molecular flexibility index (Phi) is 2.36. The lowest BCUT2D eigenvalue weighted by Gasteiger charge is -2.09. The molecule has 2 aromatic rings. The van der Waals surface area contributed by atoms with E-state index in [9.17, 15) is 14.7 Å². The largest absolute Gasteiger partial charge is 0.393 e. The monoisotopic (exact) mass is 286 g/mol. The number of hydrogen-bond donors (Lipinski definition) is 1. The Morgan fingerprint density at radius 1 is 1.45 bits per heavy atom. The van der Waals surface area contributed by atoms with Gasteiger partial charge in [-0.1, -0.05) is 0 Å². The molecule has 110 valence electrons. The van der Waals surface area contributed by atoms with Gasteiger partial charge in [-0.05, 0) is 26.1 Å². The van der Waals surface area contributed by atoms with E-state index in [1.165, 1.54) is 7.05 Å². The van der Waals surface area contributed by atoms with Crippen molar-refractivity contribution < 1.29 is 13.3 Å². The second-order valence-electron chi connectivity index (χ2n) is 4.60. The van der Waals surface area contributed by atoms with Gasteiger partial charge in [-0.2, -0.15) is 0 Å². The maximum absolute atomic E-state index is 12.6. The number of unbranched alkanes of at least 4 members (excludes halogenated alkanes) is 1. The first-order valence-electron chi connectivity index (χ1n) is 9.21. The number of aromatic nitrogens is 4. The molecule has 0 radical (unpaired) electrons. The lowest BCUT2D eigenvalue weighted by Crippen LogP contribution is -2.39. The molecule has 0 aromatic carbocycles. The first kappa shape index (κ1) is 8.41. The first-order chi connectivity index (χ1) is 11.9. The minimum atomic E-state index is -2.62. The highest BCUT2D eigenvalue weighted by atomic mass is 16.3.